The van der Waals surface area contributed by atoms with Gasteiger partial charge in [0.1, 0.15) is 30.3 Å². The Morgan fingerprint density at radius 1 is 1.16 bits per heavy atom. The van der Waals surface area contributed by atoms with Crippen LogP contribution in [0, 0.1) is 0 Å². The van der Waals surface area contributed by atoms with Crippen LogP contribution in [0.2, 0.25) is 0 Å². The first-order chi connectivity index (χ1) is 12.1. The first-order valence-electron chi connectivity index (χ1n) is 9.37. The lowest BCUT2D eigenvalue weighted by Crippen LogP contribution is -2.36. The molecule has 25 heavy (non-hydrogen) atoms. The number of rotatable bonds is 12. The van der Waals surface area contributed by atoms with Crippen LogP contribution in [0.25, 0.3) is 11.0 Å². The molecule has 0 bridgehead atoms. The van der Waals surface area contributed by atoms with Crippen LogP contribution in [0.5, 0.6) is 11.5 Å². The van der Waals surface area contributed by atoms with Crippen LogP contribution >= 0.6 is 0 Å². The van der Waals surface area contributed by atoms with Gasteiger partial charge in [-0.05, 0) is 31.6 Å². The summed E-state index contributed by atoms with van der Waals surface area (Å²) in [5.74, 6) is 0.752. The molecule has 0 radical (unpaired) electrons. The SMILES string of the molecule is CCCCCCCN(CC)CC(O)COc1ccc2c(O)coc2c1. The van der Waals surface area contributed by atoms with Gasteiger partial charge < -0.3 is 24.3 Å². The van der Waals surface area contributed by atoms with E-state index in [1.165, 1.54) is 38.4 Å². The van der Waals surface area contributed by atoms with E-state index in [0.29, 0.717) is 23.3 Å². The Hall–Kier alpha value is -1.72. The molecule has 0 amide bonds. The van der Waals surface area contributed by atoms with Crippen LogP contribution in [-0.2, 0) is 0 Å². The Morgan fingerprint density at radius 2 is 1.96 bits per heavy atom. The van der Waals surface area contributed by atoms with Gasteiger partial charge in [-0.25, -0.2) is 0 Å². The highest BCUT2D eigenvalue weighted by Gasteiger charge is 2.12. The van der Waals surface area contributed by atoms with E-state index in [1.54, 1.807) is 18.2 Å². The van der Waals surface area contributed by atoms with E-state index in [2.05, 4.69) is 18.7 Å². The van der Waals surface area contributed by atoms with Crippen molar-refractivity contribution in [3.8, 4) is 11.5 Å². The van der Waals surface area contributed by atoms with Crippen molar-refractivity contribution in [1.82, 2.24) is 4.90 Å². The van der Waals surface area contributed by atoms with E-state index in [4.69, 9.17) is 9.15 Å². The Labute approximate surface area is 150 Å². The van der Waals surface area contributed by atoms with Crippen LogP contribution < -0.4 is 4.74 Å². The number of fused-ring (bicyclic) bond motifs is 1. The van der Waals surface area contributed by atoms with Crippen LogP contribution in [0.1, 0.15) is 46.0 Å². The average Bonchev–Trinajstić information content (AvgIpc) is 2.99. The number of unbranched alkanes of at least 4 members (excludes halogenated alkanes) is 4. The van der Waals surface area contributed by atoms with Gasteiger partial charge >= 0.3 is 0 Å². The highest BCUT2D eigenvalue weighted by Crippen LogP contribution is 2.29. The summed E-state index contributed by atoms with van der Waals surface area (Å²) in [4.78, 5) is 2.27. The Balaban J connectivity index is 1.73. The van der Waals surface area contributed by atoms with E-state index >= 15 is 0 Å². The first-order valence-corrected chi connectivity index (χ1v) is 9.37. The summed E-state index contributed by atoms with van der Waals surface area (Å²) in [6, 6.07) is 5.26. The lowest BCUT2D eigenvalue weighted by Gasteiger charge is -2.23. The Kier molecular flexibility index (Phi) is 8.09. The van der Waals surface area contributed by atoms with Crippen molar-refractivity contribution in [2.24, 2.45) is 0 Å². The fourth-order valence-corrected chi connectivity index (χ4v) is 2.94. The molecule has 1 aromatic carbocycles. The summed E-state index contributed by atoms with van der Waals surface area (Å²) in [5, 5.41) is 20.5. The molecule has 2 N–H and O–H groups in total. The number of ether oxygens (including phenoxy) is 1. The summed E-state index contributed by atoms with van der Waals surface area (Å²) in [5.41, 5.74) is 0.576. The van der Waals surface area contributed by atoms with Gasteiger partial charge in [0.2, 0.25) is 0 Å². The maximum atomic E-state index is 10.2. The monoisotopic (exact) mass is 349 g/mol. The molecule has 1 unspecified atom stereocenters. The third-order valence-electron chi connectivity index (χ3n) is 4.46. The van der Waals surface area contributed by atoms with Crippen molar-refractivity contribution < 1.29 is 19.4 Å². The van der Waals surface area contributed by atoms with Crippen molar-refractivity contribution in [1.29, 1.82) is 0 Å². The predicted octanol–water partition coefficient (Wildman–Crippen LogP) is 4.17. The minimum absolute atomic E-state index is 0.124. The minimum atomic E-state index is -0.531. The van der Waals surface area contributed by atoms with E-state index in [-0.39, 0.29) is 12.4 Å². The van der Waals surface area contributed by atoms with Crippen molar-refractivity contribution >= 4 is 11.0 Å². The molecule has 0 saturated heterocycles. The molecule has 0 fully saturated rings. The second-order valence-corrected chi connectivity index (χ2v) is 6.55. The van der Waals surface area contributed by atoms with Crippen molar-refractivity contribution in [2.75, 3.05) is 26.2 Å². The minimum Gasteiger partial charge on any atom is -0.504 e. The summed E-state index contributed by atoms with van der Waals surface area (Å²) in [6.45, 7) is 7.16. The van der Waals surface area contributed by atoms with E-state index in [0.717, 1.165) is 13.1 Å². The normalized spacial score (nSPS) is 12.8. The lowest BCUT2D eigenvalue weighted by molar-refractivity contribution is 0.0693. The molecule has 0 saturated carbocycles. The summed E-state index contributed by atoms with van der Waals surface area (Å²) < 4.78 is 10.9. The van der Waals surface area contributed by atoms with Crippen LogP contribution in [0.15, 0.2) is 28.9 Å². The van der Waals surface area contributed by atoms with Crippen LogP contribution in [0.4, 0.5) is 0 Å². The zero-order valence-electron chi connectivity index (χ0n) is 15.4. The molecular weight excluding hydrogens is 318 g/mol. The van der Waals surface area contributed by atoms with Gasteiger partial charge in [-0.1, -0.05) is 39.5 Å². The largest absolute Gasteiger partial charge is 0.504 e. The number of hydrogen-bond donors (Lipinski definition) is 2. The molecule has 0 spiro atoms. The van der Waals surface area contributed by atoms with Gasteiger partial charge in [0.15, 0.2) is 5.75 Å². The van der Waals surface area contributed by atoms with Gasteiger partial charge in [-0.15, -0.1) is 0 Å². The van der Waals surface area contributed by atoms with Crippen LogP contribution in [0.3, 0.4) is 0 Å². The molecule has 0 aliphatic rings. The topological polar surface area (TPSA) is 66.1 Å². The first kappa shape index (κ1) is 19.6. The number of aliphatic hydroxyl groups excluding tert-OH is 1. The number of furan rings is 1. The van der Waals surface area contributed by atoms with Gasteiger partial charge in [-0.2, -0.15) is 0 Å². The Morgan fingerprint density at radius 3 is 2.72 bits per heavy atom. The molecule has 1 aromatic heterocycles. The molecule has 5 nitrogen and oxygen atoms in total. The van der Waals surface area contributed by atoms with E-state index < -0.39 is 6.10 Å². The fraction of sp³-hybridized carbons (Fsp3) is 0.600. The molecule has 0 aliphatic heterocycles. The molecular formula is C20H31NO4. The van der Waals surface area contributed by atoms with E-state index in [1.807, 2.05) is 0 Å². The number of hydrogen-bond acceptors (Lipinski definition) is 5. The quantitative estimate of drug-likeness (QED) is 0.563. The number of nitrogens with zero attached hydrogens (tertiary/aromatic N) is 1. The molecule has 2 rings (SSSR count). The van der Waals surface area contributed by atoms with Crippen molar-refractivity contribution in [3.05, 3.63) is 24.5 Å². The Bertz CT molecular complexity index is 625. The zero-order valence-corrected chi connectivity index (χ0v) is 15.4. The smallest absolute Gasteiger partial charge is 0.161 e. The molecule has 2 aromatic rings. The number of likely N-dealkylation sites (N-methyl/N-ethyl adjacent to an activating group) is 1. The third-order valence-corrected chi connectivity index (χ3v) is 4.46. The number of aromatic hydroxyl groups is 1. The lowest BCUT2D eigenvalue weighted by atomic mass is 10.1. The predicted molar refractivity (Wildman–Crippen MR) is 100 cm³/mol. The molecule has 0 aliphatic carbocycles. The maximum absolute atomic E-state index is 10.2. The molecule has 1 atom stereocenters. The van der Waals surface area contributed by atoms with Gasteiger partial charge in [0.05, 0.1) is 5.39 Å². The van der Waals surface area contributed by atoms with Crippen molar-refractivity contribution in [3.63, 3.8) is 0 Å². The van der Waals surface area contributed by atoms with Gasteiger partial charge in [0.25, 0.3) is 0 Å². The summed E-state index contributed by atoms with van der Waals surface area (Å²) >= 11 is 0. The second kappa shape index (κ2) is 10.3. The third kappa shape index (κ3) is 6.25. The molecule has 1 heterocycles. The average molecular weight is 349 g/mol. The molecule has 5 heteroatoms. The highest BCUT2D eigenvalue weighted by molar-refractivity contribution is 5.84. The second-order valence-electron chi connectivity index (χ2n) is 6.55. The van der Waals surface area contributed by atoms with Crippen molar-refractivity contribution in [2.45, 2.75) is 52.1 Å². The summed E-state index contributed by atoms with van der Waals surface area (Å²) in [6.07, 6.45) is 7.08. The highest BCUT2D eigenvalue weighted by atomic mass is 16.5. The standard InChI is InChI=1S/C20H31NO4/c1-3-5-6-7-8-11-21(4-2)13-16(22)14-24-17-9-10-18-19(23)15-25-20(18)12-17/h9-10,12,15-16,22-23H,3-8,11,13-14H2,1-2H3. The van der Waals surface area contributed by atoms with E-state index in [9.17, 15) is 10.2 Å². The zero-order chi connectivity index (χ0) is 18.1. The number of benzene rings is 1. The maximum Gasteiger partial charge on any atom is 0.161 e. The van der Waals surface area contributed by atoms with Gasteiger partial charge in [-0.3, -0.25) is 0 Å². The molecule has 140 valence electrons. The van der Waals surface area contributed by atoms with Crippen LogP contribution in [-0.4, -0.2) is 47.5 Å². The summed E-state index contributed by atoms with van der Waals surface area (Å²) in [7, 11) is 0. The fourth-order valence-electron chi connectivity index (χ4n) is 2.94. The van der Waals surface area contributed by atoms with Gasteiger partial charge in [0, 0.05) is 12.6 Å². The number of aliphatic hydroxyl groups is 1.